The van der Waals surface area contributed by atoms with Crippen molar-refractivity contribution >= 4 is 34.8 Å². The highest BCUT2D eigenvalue weighted by Gasteiger charge is 2.40. The molecule has 4 rings (SSSR count). The van der Waals surface area contributed by atoms with Crippen molar-refractivity contribution < 1.29 is 14.3 Å². The lowest BCUT2D eigenvalue weighted by atomic mass is 10.0. The Bertz CT molecular complexity index is 1180. The molecule has 2 amide bonds. The quantitative estimate of drug-likeness (QED) is 0.484. The zero-order valence-corrected chi connectivity index (χ0v) is 18.5. The van der Waals surface area contributed by atoms with Crippen molar-refractivity contribution in [3.63, 3.8) is 0 Å². The minimum atomic E-state index is -0.308. The van der Waals surface area contributed by atoms with Gasteiger partial charge >= 0.3 is 0 Å². The van der Waals surface area contributed by atoms with Crippen molar-refractivity contribution in [3.8, 4) is 5.75 Å². The number of imide groups is 1. The van der Waals surface area contributed by atoms with E-state index < -0.39 is 0 Å². The molecule has 1 heterocycles. The molecule has 0 radical (unpaired) electrons. The molecule has 0 atom stereocenters. The first-order valence-corrected chi connectivity index (χ1v) is 11.0. The van der Waals surface area contributed by atoms with Crippen LogP contribution in [0.15, 0.2) is 77.7 Å². The Morgan fingerprint density at radius 3 is 2.32 bits per heavy atom. The molecule has 4 nitrogen and oxygen atoms in total. The van der Waals surface area contributed by atoms with Gasteiger partial charge < -0.3 is 4.74 Å². The molecule has 0 unspecified atom stereocenters. The number of hydrogen-bond donors (Lipinski definition) is 0. The molecule has 5 heteroatoms. The molecule has 3 aromatic rings. The van der Waals surface area contributed by atoms with E-state index in [-0.39, 0.29) is 11.8 Å². The van der Waals surface area contributed by atoms with Crippen LogP contribution < -0.4 is 9.64 Å². The summed E-state index contributed by atoms with van der Waals surface area (Å²) in [5.74, 6) is 0.593. The molecule has 0 fully saturated rings. The normalized spacial score (nSPS) is 13.8. The van der Waals surface area contributed by atoms with Crippen LogP contribution in [-0.4, -0.2) is 18.9 Å². The van der Waals surface area contributed by atoms with Gasteiger partial charge in [-0.15, -0.1) is 11.8 Å². The van der Waals surface area contributed by atoms with E-state index in [1.807, 2.05) is 62.4 Å². The maximum absolute atomic E-state index is 13.5. The fourth-order valence-corrected chi connectivity index (χ4v) is 4.58. The Balaban J connectivity index is 1.77. The molecule has 156 valence electrons. The zero-order valence-electron chi connectivity index (χ0n) is 17.7. The van der Waals surface area contributed by atoms with Gasteiger partial charge in [-0.2, -0.15) is 0 Å². The summed E-state index contributed by atoms with van der Waals surface area (Å²) in [5, 5.41) is 0. The van der Waals surface area contributed by atoms with Crippen LogP contribution >= 0.6 is 11.8 Å². The molecule has 0 aromatic heterocycles. The predicted molar refractivity (Wildman–Crippen MR) is 126 cm³/mol. The van der Waals surface area contributed by atoms with E-state index in [1.165, 1.54) is 16.7 Å². The van der Waals surface area contributed by atoms with Gasteiger partial charge in [0.05, 0.1) is 23.3 Å². The predicted octanol–water partition coefficient (Wildman–Crippen LogP) is 5.53. The van der Waals surface area contributed by atoms with Crippen molar-refractivity contribution in [2.45, 2.75) is 19.6 Å². The summed E-state index contributed by atoms with van der Waals surface area (Å²) in [6, 6.07) is 22.9. The van der Waals surface area contributed by atoms with Crippen molar-refractivity contribution in [2.75, 3.05) is 12.0 Å². The minimum Gasteiger partial charge on any atom is -0.497 e. The minimum absolute atomic E-state index is 0.299. The van der Waals surface area contributed by atoms with Gasteiger partial charge in [0.2, 0.25) is 0 Å². The van der Waals surface area contributed by atoms with Crippen LogP contribution in [0.5, 0.6) is 5.75 Å². The van der Waals surface area contributed by atoms with Crippen molar-refractivity contribution in [3.05, 3.63) is 100.0 Å². The van der Waals surface area contributed by atoms with E-state index in [1.54, 1.807) is 31.4 Å². The maximum Gasteiger partial charge on any atom is 0.272 e. The Labute approximate surface area is 186 Å². The van der Waals surface area contributed by atoms with Gasteiger partial charge in [-0.1, -0.05) is 54.6 Å². The van der Waals surface area contributed by atoms with Crippen LogP contribution in [0.3, 0.4) is 0 Å². The molecule has 0 saturated carbocycles. The topological polar surface area (TPSA) is 46.6 Å². The number of thioether (sulfide) groups is 1. The fourth-order valence-electron chi connectivity index (χ4n) is 3.51. The van der Waals surface area contributed by atoms with E-state index in [9.17, 15) is 9.59 Å². The number of amides is 2. The number of rotatable bonds is 6. The summed E-state index contributed by atoms with van der Waals surface area (Å²) >= 11 is 1.41. The van der Waals surface area contributed by atoms with Gasteiger partial charge in [0.1, 0.15) is 5.75 Å². The maximum atomic E-state index is 13.5. The average Bonchev–Trinajstić information content (AvgIpc) is 3.04. The summed E-state index contributed by atoms with van der Waals surface area (Å²) in [6.45, 7) is 4.04. The second-order valence-corrected chi connectivity index (χ2v) is 8.41. The summed E-state index contributed by atoms with van der Waals surface area (Å²) in [6.07, 6.45) is 0. The van der Waals surface area contributed by atoms with E-state index in [0.717, 1.165) is 22.3 Å². The number of ether oxygens (including phenoxy) is 1. The van der Waals surface area contributed by atoms with Crippen LogP contribution in [0, 0.1) is 13.8 Å². The number of benzene rings is 3. The molecule has 0 spiro atoms. The first-order valence-electron chi connectivity index (χ1n) is 10.0. The second-order valence-electron chi connectivity index (χ2n) is 7.42. The number of aryl methyl sites for hydroxylation is 2. The SMILES string of the molecule is COc1cccc(N2C(=O)C(SCc3ccccc3)=C(c3ccc(C)c(C)c3)C2=O)c1. The van der Waals surface area contributed by atoms with Gasteiger partial charge in [0.15, 0.2) is 0 Å². The lowest BCUT2D eigenvalue weighted by Crippen LogP contribution is -2.31. The molecule has 1 aliphatic rings. The van der Waals surface area contributed by atoms with Gasteiger partial charge in [0, 0.05) is 11.8 Å². The number of carbonyl (C=O) groups excluding carboxylic acids is 2. The number of nitrogens with zero attached hydrogens (tertiary/aromatic N) is 1. The third kappa shape index (κ3) is 4.14. The molecular weight excluding hydrogens is 406 g/mol. The summed E-state index contributed by atoms with van der Waals surface area (Å²) in [7, 11) is 1.56. The number of hydrogen-bond acceptors (Lipinski definition) is 4. The largest absolute Gasteiger partial charge is 0.497 e. The summed E-state index contributed by atoms with van der Waals surface area (Å²) in [4.78, 5) is 28.7. The molecular formula is C26H23NO3S. The van der Waals surface area contributed by atoms with Crippen molar-refractivity contribution in [2.24, 2.45) is 0 Å². The summed E-state index contributed by atoms with van der Waals surface area (Å²) in [5.41, 5.74) is 5.05. The Kier molecular flexibility index (Phi) is 5.96. The lowest BCUT2D eigenvalue weighted by molar-refractivity contribution is -0.119. The van der Waals surface area contributed by atoms with E-state index in [0.29, 0.717) is 27.7 Å². The van der Waals surface area contributed by atoms with Gasteiger partial charge in [0.25, 0.3) is 11.8 Å². The van der Waals surface area contributed by atoms with Crippen LogP contribution in [0.25, 0.3) is 5.57 Å². The first kappa shape index (κ1) is 20.9. The number of carbonyl (C=O) groups is 2. The number of anilines is 1. The monoisotopic (exact) mass is 429 g/mol. The van der Waals surface area contributed by atoms with Gasteiger partial charge in [-0.25, -0.2) is 4.90 Å². The summed E-state index contributed by atoms with van der Waals surface area (Å²) < 4.78 is 5.29. The third-order valence-corrected chi connectivity index (χ3v) is 6.52. The highest BCUT2D eigenvalue weighted by Crippen LogP contribution is 2.40. The Hall–Kier alpha value is -3.31. The highest BCUT2D eigenvalue weighted by molar-refractivity contribution is 8.03. The van der Waals surface area contributed by atoms with Gasteiger partial charge in [-0.3, -0.25) is 9.59 Å². The molecule has 0 aliphatic carbocycles. The molecule has 0 bridgehead atoms. The zero-order chi connectivity index (χ0) is 22.0. The van der Waals surface area contributed by atoms with Crippen molar-refractivity contribution in [1.29, 1.82) is 0 Å². The molecule has 3 aromatic carbocycles. The van der Waals surface area contributed by atoms with E-state index in [4.69, 9.17) is 4.74 Å². The number of methoxy groups -OCH3 is 1. The molecule has 1 aliphatic heterocycles. The molecule has 31 heavy (non-hydrogen) atoms. The van der Waals surface area contributed by atoms with Crippen LogP contribution in [0.2, 0.25) is 0 Å². The van der Waals surface area contributed by atoms with Gasteiger partial charge in [-0.05, 0) is 48.2 Å². The Morgan fingerprint density at radius 1 is 0.839 bits per heavy atom. The lowest BCUT2D eigenvalue weighted by Gasteiger charge is -2.16. The smallest absolute Gasteiger partial charge is 0.272 e. The fraction of sp³-hybridized carbons (Fsp3) is 0.154. The Morgan fingerprint density at radius 2 is 1.61 bits per heavy atom. The van der Waals surface area contributed by atoms with Crippen LogP contribution in [0.1, 0.15) is 22.3 Å². The molecule has 0 N–H and O–H groups in total. The highest BCUT2D eigenvalue weighted by atomic mass is 32.2. The van der Waals surface area contributed by atoms with E-state index in [2.05, 4.69) is 0 Å². The van der Waals surface area contributed by atoms with Crippen LogP contribution in [-0.2, 0) is 15.3 Å². The third-order valence-electron chi connectivity index (χ3n) is 5.37. The first-order chi connectivity index (χ1) is 15.0. The molecule has 0 saturated heterocycles. The second kappa shape index (κ2) is 8.82. The van der Waals surface area contributed by atoms with Crippen LogP contribution in [0.4, 0.5) is 5.69 Å². The van der Waals surface area contributed by atoms with E-state index >= 15 is 0 Å². The standard InChI is InChI=1S/C26H23NO3S/c1-17-12-13-20(14-18(17)2)23-24(31-16-19-8-5-4-6-9-19)26(29)27(25(23)28)21-10-7-11-22(15-21)30-3/h4-15H,16H2,1-3H3. The van der Waals surface area contributed by atoms with Crippen molar-refractivity contribution in [1.82, 2.24) is 0 Å². The average molecular weight is 430 g/mol.